The molecule has 2 saturated carbocycles. The number of hydrogen-bond acceptors (Lipinski definition) is 4. The lowest BCUT2D eigenvalue weighted by atomic mass is 9.75. The predicted octanol–water partition coefficient (Wildman–Crippen LogP) is 1.03. The molecule has 0 aromatic carbocycles. The fourth-order valence-corrected chi connectivity index (χ4v) is 3.61. The van der Waals surface area contributed by atoms with Crippen LogP contribution in [0.3, 0.4) is 0 Å². The average molecular weight is 329 g/mol. The van der Waals surface area contributed by atoms with Gasteiger partial charge in [0.25, 0.3) is 0 Å². The minimum Gasteiger partial charge on any atom is -0.393 e. The largest absolute Gasteiger partial charge is 0.393 e. The van der Waals surface area contributed by atoms with E-state index in [0.29, 0.717) is 6.54 Å². The number of rotatable bonds is 6. The molecular formula is C17H23N5O2. The van der Waals surface area contributed by atoms with Gasteiger partial charge < -0.3 is 15.0 Å². The van der Waals surface area contributed by atoms with E-state index in [4.69, 9.17) is 0 Å². The highest BCUT2D eigenvalue weighted by atomic mass is 16.3. The Morgan fingerprint density at radius 3 is 2.83 bits per heavy atom. The van der Waals surface area contributed by atoms with Gasteiger partial charge in [-0.3, -0.25) is 9.48 Å². The molecule has 7 heteroatoms. The van der Waals surface area contributed by atoms with E-state index in [2.05, 4.69) is 15.4 Å². The summed E-state index contributed by atoms with van der Waals surface area (Å²) in [6.07, 6.45) is 12.2. The van der Waals surface area contributed by atoms with Crippen LogP contribution in [-0.4, -0.2) is 36.4 Å². The highest BCUT2D eigenvalue weighted by molar-refractivity contribution is 5.85. The van der Waals surface area contributed by atoms with Crippen LogP contribution in [-0.2, 0) is 18.4 Å². The molecule has 2 aliphatic rings. The molecule has 2 aromatic heterocycles. The third-order valence-electron chi connectivity index (χ3n) is 5.37. The molecule has 2 aromatic rings. The number of aryl methyl sites for hydroxylation is 1. The van der Waals surface area contributed by atoms with Crippen molar-refractivity contribution in [2.45, 2.75) is 44.4 Å². The molecule has 2 heterocycles. The Morgan fingerprint density at radius 1 is 1.50 bits per heavy atom. The highest BCUT2D eigenvalue weighted by Gasteiger charge is 2.51. The van der Waals surface area contributed by atoms with Crippen LogP contribution in [0.4, 0.5) is 0 Å². The maximum Gasteiger partial charge on any atom is 0.228 e. The lowest BCUT2D eigenvalue weighted by Gasteiger charge is -2.38. The molecule has 2 aliphatic carbocycles. The molecule has 7 nitrogen and oxygen atoms in total. The monoisotopic (exact) mass is 329 g/mol. The summed E-state index contributed by atoms with van der Waals surface area (Å²) in [6, 6.07) is -0.0742. The number of carbonyl (C=O) groups excluding carboxylic acids is 1. The van der Waals surface area contributed by atoms with Gasteiger partial charge in [-0.1, -0.05) is 0 Å². The molecule has 0 bridgehead atoms. The summed E-state index contributed by atoms with van der Waals surface area (Å²) in [5, 5.41) is 17.1. The first-order valence-corrected chi connectivity index (χ1v) is 8.49. The fraction of sp³-hybridized carbons (Fsp3) is 0.588. The van der Waals surface area contributed by atoms with Gasteiger partial charge in [0.2, 0.25) is 5.91 Å². The van der Waals surface area contributed by atoms with Crippen molar-refractivity contribution in [2.75, 3.05) is 0 Å². The number of nitrogens with one attached hydrogen (secondary N) is 1. The molecule has 0 saturated heterocycles. The van der Waals surface area contributed by atoms with Crippen molar-refractivity contribution in [1.82, 2.24) is 24.6 Å². The van der Waals surface area contributed by atoms with Crippen molar-refractivity contribution < 1.29 is 9.90 Å². The number of aromatic nitrogens is 4. The third kappa shape index (κ3) is 2.84. The lowest BCUT2D eigenvalue weighted by Crippen LogP contribution is -2.44. The second kappa shape index (κ2) is 5.73. The van der Waals surface area contributed by atoms with Crippen LogP contribution < -0.4 is 5.32 Å². The third-order valence-corrected chi connectivity index (χ3v) is 5.37. The van der Waals surface area contributed by atoms with Crippen LogP contribution in [0.5, 0.6) is 0 Å². The second-order valence-corrected chi connectivity index (χ2v) is 7.30. The molecule has 2 fully saturated rings. The van der Waals surface area contributed by atoms with Crippen molar-refractivity contribution in [2.24, 2.45) is 18.4 Å². The van der Waals surface area contributed by atoms with Gasteiger partial charge in [-0.25, -0.2) is 4.98 Å². The zero-order valence-corrected chi connectivity index (χ0v) is 13.8. The summed E-state index contributed by atoms with van der Waals surface area (Å²) in [4.78, 5) is 17.0. The molecule has 2 N–H and O–H groups in total. The van der Waals surface area contributed by atoms with Crippen LogP contribution in [0, 0.1) is 11.3 Å². The maximum absolute atomic E-state index is 12.9. The Hall–Kier alpha value is -2.15. The van der Waals surface area contributed by atoms with Crippen LogP contribution in [0.25, 0.3) is 0 Å². The first-order chi connectivity index (χ1) is 11.6. The summed E-state index contributed by atoms with van der Waals surface area (Å²) < 4.78 is 3.72. The van der Waals surface area contributed by atoms with E-state index in [1.54, 1.807) is 17.2 Å². The number of imidazole rings is 1. The summed E-state index contributed by atoms with van der Waals surface area (Å²) in [5.41, 5.74) is 0.699. The van der Waals surface area contributed by atoms with Crippen molar-refractivity contribution in [3.63, 3.8) is 0 Å². The number of nitrogens with zero attached hydrogens (tertiary/aromatic N) is 4. The first kappa shape index (κ1) is 15.4. The maximum atomic E-state index is 12.9. The number of carbonyl (C=O) groups is 1. The number of amides is 1. The van der Waals surface area contributed by atoms with E-state index in [9.17, 15) is 9.90 Å². The van der Waals surface area contributed by atoms with E-state index in [1.807, 2.05) is 30.2 Å². The highest BCUT2D eigenvalue weighted by Crippen LogP contribution is 2.48. The minimum atomic E-state index is -0.316. The van der Waals surface area contributed by atoms with E-state index in [-0.39, 0.29) is 29.4 Å². The summed E-state index contributed by atoms with van der Waals surface area (Å²) in [6.45, 7) is 0.673. The zero-order valence-electron chi connectivity index (χ0n) is 13.8. The Balaban J connectivity index is 1.49. The standard InChI is InChI=1S/C17H23N5O2/c1-21-9-13(8-19-21)15(12-6-14(23)7-12)20-16(24)17(2-3-17)10-22-5-4-18-11-22/h4-5,8-9,11-12,14-15,23H,2-3,6-7,10H2,1H3,(H,20,24). The van der Waals surface area contributed by atoms with Gasteiger partial charge in [0, 0.05) is 37.7 Å². The van der Waals surface area contributed by atoms with Crippen LogP contribution in [0.1, 0.15) is 37.3 Å². The number of hydrogen-bond donors (Lipinski definition) is 2. The molecule has 0 spiro atoms. The normalized spacial score (nSPS) is 25.8. The van der Waals surface area contributed by atoms with Gasteiger partial charge in [0.05, 0.1) is 30.1 Å². The Bertz CT molecular complexity index is 713. The van der Waals surface area contributed by atoms with Crippen molar-refractivity contribution >= 4 is 5.91 Å². The quantitative estimate of drug-likeness (QED) is 0.829. The summed E-state index contributed by atoms with van der Waals surface area (Å²) in [5.74, 6) is 0.378. The molecule has 128 valence electrons. The molecule has 0 aliphatic heterocycles. The lowest BCUT2D eigenvalue weighted by molar-refractivity contribution is -0.128. The van der Waals surface area contributed by atoms with E-state index in [1.165, 1.54) is 0 Å². The van der Waals surface area contributed by atoms with E-state index >= 15 is 0 Å². The van der Waals surface area contributed by atoms with Crippen molar-refractivity contribution in [1.29, 1.82) is 0 Å². The Kier molecular flexibility index (Phi) is 3.68. The Labute approximate surface area is 140 Å². The van der Waals surface area contributed by atoms with Crippen molar-refractivity contribution in [3.8, 4) is 0 Å². The molecule has 0 radical (unpaired) electrons. The van der Waals surface area contributed by atoms with Gasteiger partial charge in [0.15, 0.2) is 0 Å². The van der Waals surface area contributed by atoms with Gasteiger partial charge in [-0.2, -0.15) is 5.10 Å². The second-order valence-electron chi connectivity index (χ2n) is 7.30. The average Bonchev–Trinajstić information content (AvgIpc) is 2.92. The summed E-state index contributed by atoms with van der Waals surface area (Å²) >= 11 is 0. The van der Waals surface area contributed by atoms with Crippen LogP contribution in [0.2, 0.25) is 0 Å². The molecule has 1 amide bonds. The van der Waals surface area contributed by atoms with Gasteiger partial charge in [0.1, 0.15) is 0 Å². The Morgan fingerprint density at radius 2 is 2.29 bits per heavy atom. The fourth-order valence-electron chi connectivity index (χ4n) is 3.61. The first-order valence-electron chi connectivity index (χ1n) is 8.49. The van der Waals surface area contributed by atoms with Crippen molar-refractivity contribution in [3.05, 3.63) is 36.7 Å². The minimum absolute atomic E-state index is 0.0742. The smallest absolute Gasteiger partial charge is 0.228 e. The van der Waals surface area contributed by atoms with E-state index < -0.39 is 0 Å². The van der Waals surface area contributed by atoms with Gasteiger partial charge in [-0.15, -0.1) is 0 Å². The predicted molar refractivity (Wildman–Crippen MR) is 86.7 cm³/mol. The molecule has 24 heavy (non-hydrogen) atoms. The summed E-state index contributed by atoms with van der Waals surface area (Å²) in [7, 11) is 1.87. The molecule has 1 unspecified atom stereocenters. The molecule has 1 atom stereocenters. The number of aliphatic hydroxyl groups is 1. The van der Waals surface area contributed by atoms with E-state index in [0.717, 1.165) is 31.2 Å². The van der Waals surface area contributed by atoms with Crippen LogP contribution in [0.15, 0.2) is 31.1 Å². The van der Waals surface area contributed by atoms with Gasteiger partial charge >= 0.3 is 0 Å². The van der Waals surface area contributed by atoms with Gasteiger partial charge in [-0.05, 0) is 31.6 Å². The zero-order chi connectivity index (χ0) is 16.7. The van der Waals surface area contributed by atoms with Crippen LogP contribution >= 0.6 is 0 Å². The number of aliphatic hydroxyl groups excluding tert-OH is 1. The topological polar surface area (TPSA) is 85.0 Å². The SMILES string of the molecule is Cn1cc(C(NC(=O)C2(Cn3ccnc3)CC2)C2CC(O)C2)cn1. The molecular weight excluding hydrogens is 306 g/mol. The molecule has 4 rings (SSSR count).